The molecule has 1 aliphatic rings. The van der Waals surface area contributed by atoms with Crippen LogP contribution in [-0.4, -0.2) is 17.6 Å². The van der Waals surface area contributed by atoms with Crippen LogP contribution in [0.25, 0.3) is 27.6 Å². The Hall–Kier alpha value is -3.15. The van der Waals surface area contributed by atoms with E-state index in [0.29, 0.717) is 16.9 Å². The smallest absolute Gasteiger partial charge is 0.341 e. The fourth-order valence-electron chi connectivity index (χ4n) is 3.60. The van der Waals surface area contributed by atoms with Crippen LogP contribution in [-0.2, 0) is 4.74 Å². The highest BCUT2D eigenvalue weighted by Gasteiger charge is 2.18. The first-order valence-corrected chi connectivity index (χ1v) is 9.51. The Morgan fingerprint density at radius 1 is 1.32 bits per heavy atom. The van der Waals surface area contributed by atoms with Crippen LogP contribution in [0, 0.1) is 5.92 Å². The van der Waals surface area contributed by atoms with Crippen LogP contribution in [0.15, 0.2) is 39.6 Å². The number of nitrogen functional groups attached to an aromatic ring is 1. The average molecular weight is 378 g/mol. The Labute approximate surface area is 162 Å². The largest absolute Gasteiger partial charge is 0.462 e. The van der Waals surface area contributed by atoms with E-state index in [0.717, 1.165) is 24.8 Å². The number of nitrogens with two attached hydrogens (primary N) is 1. The Kier molecular flexibility index (Phi) is 4.63. The zero-order valence-electron chi connectivity index (χ0n) is 16.0. The maximum Gasteiger partial charge on any atom is 0.341 e. The minimum Gasteiger partial charge on any atom is -0.462 e. The van der Waals surface area contributed by atoms with Crippen molar-refractivity contribution in [2.24, 2.45) is 5.92 Å². The van der Waals surface area contributed by atoms with Gasteiger partial charge in [0.05, 0.1) is 17.4 Å². The van der Waals surface area contributed by atoms with Gasteiger partial charge in [-0.05, 0) is 61.4 Å². The summed E-state index contributed by atoms with van der Waals surface area (Å²) in [6.45, 7) is 4.15. The van der Waals surface area contributed by atoms with E-state index in [9.17, 15) is 9.59 Å². The Morgan fingerprint density at radius 3 is 2.86 bits per heavy atom. The third kappa shape index (κ3) is 3.15. The zero-order valence-corrected chi connectivity index (χ0v) is 16.0. The van der Waals surface area contributed by atoms with Gasteiger partial charge in [0, 0.05) is 0 Å². The highest BCUT2D eigenvalue weighted by atomic mass is 16.5. The minimum absolute atomic E-state index is 0.0217. The van der Waals surface area contributed by atoms with Crippen molar-refractivity contribution in [3.8, 4) is 0 Å². The van der Waals surface area contributed by atoms with E-state index in [-0.39, 0.29) is 34.5 Å². The first-order chi connectivity index (χ1) is 13.5. The summed E-state index contributed by atoms with van der Waals surface area (Å²) >= 11 is 0. The third-order valence-electron chi connectivity index (χ3n) is 5.23. The summed E-state index contributed by atoms with van der Waals surface area (Å²) in [7, 11) is 0. The number of anilines is 1. The number of allylic oxidation sites excluding steroid dienone is 2. The molecule has 0 saturated carbocycles. The third-order valence-corrected chi connectivity index (χ3v) is 5.23. The minimum atomic E-state index is -0.607. The van der Waals surface area contributed by atoms with Crippen molar-refractivity contribution in [2.45, 2.75) is 33.1 Å². The van der Waals surface area contributed by atoms with Gasteiger partial charge < -0.3 is 14.9 Å². The monoisotopic (exact) mass is 378 g/mol. The van der Waals surface area contributed by atoms with Gasteiger partial charge >= 0.3 is 5.97 Å². The molecule has 2 N–H and O–H groups in total. The van der Waals surface area contributed by atoms with Crippen molar-refractivity contribution in [3.63, 3.8) is 0 Å². The van der Waals surface area contributed by atoms with E-state index < -0.39 is 5.97 Å². The molecule has 6 nitrogen and oxygen atoms in total. The molecule has 28 heavy (non-hydrogen) atoms. The number of fused-ring (bicyclic) bond motifs is 2. The highest BCUT2D eigenvalue weighted by molar-refractivity contribution is 5.99. The van der Waals surface area contributed by atoms with Crippen LogP contribution in [0.2, 0.25) is 0 Å². The standard InChI is InChI=1S/C22H22N2O4/c1-3-27-22(26)17-11-16-19(25)15-10-14(13-6-4-12(2)5-7-13)8-9-18(15)28-21(16)24-20(17)23/h6,8-12H,3-5,7H2,1-2H3,(H2,23,24). The van der Waals surface area contributed by atoms with Crippen molar-refractivity contribution >= 4 is 39.4 Å². The lowest BCUT2D eigenvalue weighted by atomic mass is 9.87. The molecule has 0 saturated heterocycles. The maximum atomic E-state index is 13.1. The van der Waals surface area contributed by atoms with Gasteiger partial charge in [0.15, 0.2) is 0 Å². The lowest BCUT2D eigenvalue weighted by Gasteiger charge is -2.18. The van der Waals surface area contributed by atoms with Gasteiger partial charge in [-0.1, -0.05) is 19.1 Å². The van der Waals surface area contributed by atoms with Crippen LogP contribution in [0.4, 0.5) is 5.82 Å². The number of carbonyl (C=O) groups is 1. The quantitative estimate of drug-likeness (QED) is 0.539. The number of hydrogen-bond donors (Lipinski definition) is 1. The summed E-state index contributed by atoms with van der Waals surface area (Å²) in [6.07, 6.45) is 5.43. The first-order valence-electron chi connectivity index (χ1n) is 9.51. The second kappa shape index (κ2) is 7.11. The van der Waals surface area contributed by atoms with E-state index in [1.807, 2.05) is 12.1 Å². The fraction of sp³-hybridized carbons (Fsp3) is 0.318. The van der Waals surface area contributed by atoms with Gasteiger partial charge in [-0.15, -0.1) is 0 Å². The molecule has 1 atom stereocenters. The molecule has 6 heteroatoms. The van der Waals surface area contributed by atoms with Gasteiger partial charge in [-0.2, -0.15) is 4.98 Å². The number of esters is 1. The summed E-state index contributed by atoms with van der Waals surface area (Å²) in [5.41, 5.74) is 8.54. The predicted molar refractivity (Wildman–Crippen MR) is 109 cm³/mol. The Balaban J connectivity index is 1.88. The topological polar surface area (TPSA) is 95.4 Å². The molecule has 0 fully saturated rings. The molecule has 2 heterocycles. The van der Waals surface area contributed by atoms with E-state index in [4.69, 9.17) is 14.9 Å². The van der Waals surface area contributed by atoms with Crippen molar-refractivity contribution in [1.82, 2.24) is 4.98 Å². The molecule has 0 radical (unpaired) electrons. The normalized spacial score (nSPS) is 16.9. The van der Waals surface area contributed by atoms with E-state index in [1.165, 1.54) is 11.6 Å². The molecule has 1 aromatic carbocycles. The van der Waals surface area contributed by atoms with Crippen molar-refractivity contribution in [1.29, 1.82) is 0 Å². The highest BCUT2D eigenvalue weighted by Crippen LogP contribution is 2.31. The lowest BCUT2D eigenvalue weighted by molar-refractivity contribution is 0.0527. The summed E-state index contributed by atoms with van der Waals surface area (Å²) in [4.78, 5) is 29.3. The van der Waals surface area contributed by atoms with Gasteiger partial charge in [-0.3, -0.25) is 4.79 Å². The number of rotatable bonds is 3. The lowest BCUT2D eigenvalue weighted by Crippen LogP contribution is -2.12. The molecular weight excluding hydrogens is 356 g/mol. The SMILES string of the molecule is CCOC(=O)c1cc2c(=O)c3cc(C4=CCC(C)CC4)ccc3oc2nc1N. The van der Waals surface area contributed by atoms with Gasteiger partial charge in [-0.25, -0.2) is 4.79 Å². The van der Waals surface area contributed by atoms with Crippen LogP contribution < -0.4 is 11.2 Å². The van der Waals surface area contributed by atoms with E-state index >= 15 is 0 Å². The maximum absolute atomic E-state index is 13.1. The summed E-state index contributed by atoms with van der Waals surface area (Å²) in [6, 6.07) is 7.04. The zero-order chi connectivity index (χ0) is 19.8. The number of ether oxygens (including phenoxy) is 1. The molecule has 0 aliphatic heterocycles. The second-order valence-corrected chi connectivity index (χ2v) is 7.25. The second-order valence-electron chi connectivity index (χ2n) is 7.25. The number of hydrogen-bond acceptors (Lipinski definition) is 6. The number of carbonyl (C=O) groups excluding carboxylic acids is 1. The molecule has 4 rings (SSSR count). The number of benzene rings is 1. The molecular formula is C22H22N2O4. The van der Waals surface area contributed by atoms with Gasteiger partial charge in [0.25, 0.3) is 0 Å². The van der Waals surface area contributed by atoms with Crippen molar-refractivity contribution in [3.05, 3.63) is 51.7 Å². The van der Waals surface area contributed by atoms with Crippen LogP contribution >= 0.6 is 0 Å². The van der Waals surface area contributed by atoms with Gasteiger partial charge in [0.1, 0.15) is 17.0 Å². The molecule has 0 spiro atoms. The van der Waals surface area contributed by atoms with Crippen molar-refractivity contribution in [2.75, 3.05) is 12.3 Å². The summed E-state index contributed by atoms with van der Waals surface area (Å²) < 4.78 is 10.8. The summed E-state index contributed by atoms with van der Waals surface area (Å²) in [5.74, 6) is 0.0618. The molecule has 1 unspecified atom stereocenters. The van der Waals surface area contributed by atoms with Crippen LogP contribution in [0.5, 0.6) is 0 Å². The van der Waals surface area contributed by atoms with Crippen LogP contribution in [0.3, 0.4) is 0 Å². The Morgan fingerprint density at radius 2 is 2.14 bits per heavy atom. The molecule has 144 valence electrons. The molecule has 0 amide bonds. The van der Waals surface area contributed by atoms with Gasteiger partial charge in [0.2, 0.25) is 11.1 Å². The molecule has 1 aliphatic carbocycles. The first kappa shape index (κ1) is 18.2. The average Bonchev–Trinajstić information content (AvgIpc) is 2.68. The molecule has 3 aromatic rings. The fourth-order valence-corrected chi connectivity index (χ4v) is 3.60. The molecule has 2 aromatic heterocycles. The van der Waals surface area contributed by atoms with E-state index in [2.05, 4.69) is 18.0 Å². The predicted octanol–water partition coefficient (Wildman–Crippen LogP) is 4.30. The Bertz CT molecular complexity index is 1180. The number of nitrogens with zero attached hydrogens (tertiary/aromatic N) is 1. The van der Waals surface area contributed by atoms with E-state index in [1.54, 1.807) is 13.0 Å². The van der Waals surface area contributed by atoms with Crippen LogP contribution in [0.1, 0.15) is 49.0 Å². The number of aromatic nitrogens is 1. The number of pyridine rings is 1. The van der Waals surface area contributed by atoms with Crippen molar-refractivity contribution < 1.29 is 13.9 Å². The molecule has 0 bridgehead atoms. The summed E-state index contributed by atoms with van der Waals surface area (Å²) in [5, 5.41) is 0.680.